The Kier molecular flexibility index (Phi) is 8.97. The van der Waals surface area contributed by atoms with Crippen LogP contribution in [-0.2, 0) is 9.47 Å². The van der Waals surface area contributed by atoms with Gasteiger partial charge in [0, 0.05) is 25.8 Å². The summed E-state index contributed by atoms with van der Waals surface area (Å²) < 4.78 is 16.0. The number of nitrogens with one attached hydrogen (secondary N) is 3. The van der Waals surface area contributed by atoms with E-state index in [1.165, 1.54) is 0 Å². The Balaban J connectivity index is 1.54. The highest BCUT2D eigenvalue weighted by molar-refractivity contribution is 7.80. The van der Waals surface area contributed by atoms with Crippen molar-refractivity contribution < 1.29 is 23.8 Å². The summed E-state index contributed by atoms with van der Waals surface area (Å²) in [7, 11) is 1.60. The van der Waals surface area contributed by atoms with Gasteiger partial charge in [0.1, 0.15) is 12.4 Å². The van der Waals surface area contributed by atoms with Crippen molar-refractivity contribution in [3.05, 3.63) is 59.7 Å². The molecule has 1 aliphatic rings. The van der Waals surface area contributed by atoms with Crippen LogP contribution in [0.15, 0.2) is 48.5 Å². The Hall–Kier alpha value is -3.01. The summed E-state index contributed by atoms with van der Waals surface area (Å²) in [4.78, 5) is 25.1. The van der Waals surface area contributed by atoms with Crippen LogP contribution >= 0.6 is 12.2 Å². The third kappa shape index (κ3) is 7.01. The lowest BCUT2D eigenvalue weighted by molar-refractivity contribution is 0.0858. The number of carbonyl (C=O) groups is 2. The van der Waals surface area contributed by atoms with Gasteiger partial charge in [-0.25, -0.2) is 0 Å². The number of para-hydroxylation sites is 1. The molecular weight excluding hydrogens is 430 g/mol. The van der Waals surface area contributed by atoms with Crippen molar-refractivity contribution in [2.24, 2.45) is 0 Å². The summed E-state index contributed by atoms with van der Waals surface area (Å²) in [5, 5.41) is 8.55. The fraction of sp³-hybridized carbons (Fsp3) is 0.348. The monoisotopic (exact) mass is 457 g/mol. The molecule has 32 heavy (non-hydrogen) atoms. The number of hydrogen-bond donors (Lipinski definition) is 3. The van der Waals surface area contributed by atoms with Crippen molar-refractivity contribution in [3.8, 4) is 5.75 Å². The molecule has 1 aliphatic heterocycles. The quantitative estimate of drug-likeness (QED) is 0.393. The highest BCUT2D eigenvalue weighted by atomic mass is 32.1. The molecule has 170 valence electrons. The van der Waals surface area contributed by atoms with Crippen LogP contribution in [0.5, 0.6) is 5.75 Å². The lowest BCUT2D eigenvalue weighted by Gasteiger charge is -2.15. The first kappa shape index (κ1) is 23.6. The average Bonchev–Trinajstić information content (AvgIpc) is 3.32. The zero-order valence-corrected chi connectivity index (χ0v) is 18.7. The number of anilines is 1. The number of hydrogen-bond acceptors (Lipinski definition) is 6. The second-order valence-corrected chi connectivity index (χ2v) is 7.57. The molecule has 0 spiro atoms. The highest BCUT2D eigenvalue weighted by Crippen LogP contribution is 2.16. The van der Waals surface area contributed by atoms with Crippen molar-refractivity contribution in [1.82, 2.24) is 10.6 Å². The number of thiocarbonyl (C=S) groups is 1. The number of amides is 2. The lowest BCUT2D eigenvalue weighted by atomic mass is 10.1. The maximum Gasteiger partial charge on any atom is 0.257 e. The molecular formula is C23H27N3O5S. The number of rotatable bonds is 9. The number of methoxy groups -OCH3 is 1. The Morgan fingerprint density at radius 2 is 1.88 bits per heavy atom. The van der Waals surface area contributed by atoms with Gasteiger partial charge in [0.05, 0.1) is 24.0 Å². The Morgan fingerprint density at radius 1 is 1.09 bits per heavy atom. The van der Waals surface area contributed by atoms with E-state index in [9.17, 15) is 9.59 Å². The molecule has 0 radical (unpaired) electrons. The maximum absolute atomic E-state index is 12.6. The fourth-order valence-electron chi connectivity index (χ4n) is 3.17. The fourth-order valence-corrected chi connectivity index (χ4v) is 3.37. The third-order valence-corrected chi connectivity index (χ3v) is 5.04. The molecule has 2 aromatic carbocycles. The first-order valence-corrected chi connectivity index (χ1v) is 10.8. The minimum Gasteiger partial charge on any atom is -0.491 e. The van der Waals surface area contributed by atoms with E-state index in [0.29, 0.717) is 42.3 Å². The van der Waals surface area contributed by atoms with Crippen LogP contribution in [0.4, 0.5) is 5.69 Å². The molecule has 1 heterocycles. The van der Waals surface area contributed by atoms with Gasteiger partial charge >= 0.3 is 0 Å². The Morgan fingerprint density at radius 3 is 2.59 bits per heavy atom. The number of ether oxygens (including phenoxy) is 3. The van der Waals surface area contributed by atoms with E-state index in [2.05, 4.69) is 16.0 Å². The van der Waals surface area contributed by atoms with E-state index in [1.807, 2.05) is 0 Å². The van der Waals surface area contributed by atoms with E-state index >= 15 is 0 Å². The third-order valence-electron chi connectivity index (χ3n) is 4.83. The summed E-state index contributed by atoms with van der Waals surface area (Å²) in [5.41, 5.74) is 1.36. The largest absolute Gasteiger partial charge is 0.491 e. The van der Waals surface area contributed by atoms with Crippen LogP contribution in [0.1, 0.15) is 33.6 Å². The Bertz CT molecular complexity index is 929. The topological polar surface area (TPSA) is 97.9 Å². The van der Waals surface area contributed by atoms with Crippen molar-refractivity contribution in [3.63, 3.8) is 0 Å². The van der Waals surface area contributed by atoms with Gasteiger partial charge in [-0.3, -0.25) is 14.9 Å². The molecule has 3 rings (SSSR count). The average molecular weight is 458 g/mol. The van der Waals surface area contributed by atoms with E-state index in [0.717, 1.165) is 19.4 Å². The molecule has 1 saturated heterocycles. The summed E-state index contributed by atoms with van der Waals surface area (Å²) in [5.74, 6) is 0.0373. The number of carbonyl (C=O) groups excluding carboxylic acids is 2. The van der Waals surface area contributed by atoms with Gasteiger partial charge in [0.15, 0.2) is 5.11 Å². The molecule has 1 atom stereocenters. The van der Waals surface area contributed by atoms with E-state index in [-0.39, 0.29) is 23.0 Å². The summed E-state index contributed by atoms with van der Waals surface area (Å²) in [6, 6.07) is 13.7. The SMILES string of the molecule is COCCOc1ccc(C(=O)NC(=S)Nc2ccccc2C(=O)NCC2CCCO2)cc1. The molecule has 0 aromatic heterocycles. The molecule has 0 saturated carbocycles. The smallest absolute Gasteiger partial charge is 0.257 e. The highest BCUT2D eigenvalue weighted by Gasteiger charge is 2.18. The van der Waals surface area contributed by atoms with Crippen LogP contribution in [0.3, 0.4) is 0 Å². The van der Waals surface area contributed by atoms with E-state index in [1.54, 1.807) is 55.6 Å². The van der Waals surface area contributed by atoms with Crippen molar-refractivity contribution in [2.75, 3.05) is 38.8 Å². The van der Waals surface area contributed by atoms with Gasteiger partial charge < -0.3 is 24.8 Å². The second kappa shape index (κ2) is 12.1. The minimum absolute atomic E-state index is 0.0520. The zero-order valence-electron chi connectivity index (χ0n) is 17.9. The molecule has 0 bridgehead atoms. The second-order valence-electron chi connectivity index (χ2n) is 7.16. The summed E-state index contributed by atoms with van der Waals surface area (Å²) in [6.45, 7) is 2.10. The predicted octanol–water partition coefficient (Wildman–Crippen LogP) is 2.75. The normalized spacial score (nSPS) is 15.1. The van der Waals surface area contributed by atoms with Crippen LogP contribution < -0.4 is 20.7 Å². The summed E-state index contributed by atoms with van der Waals surface area (Å²) >= 11 is 5.27. The van der Waals surface area contributed by atoms with Crippen LogP contribution in [-0.4, -0.2) is 56.5 Å². The maximum atomic E-state index is 12.6. The predicted molar refractivity (Wildman–Crippen MR) is 125 cm³/mol. The molecule has 2 aromatic rings. The molecule has 1 unspecified atom stereocenters. The number of benzene rings is 2. The lowest BCUT2D eigenvalue weighted by Crippen LogP contribution is -2.35. The van der Waals surface area contributed by atoms with Crippen LogP contribution in [0, 0.1) is 0 Å². The molecule has 9 heteroatoms. The van der Waals surface area contributed by atoms with Crippen LogP contribution in [0.25, 0.3) is 0 Å². The molecule has 0 aliphatic carbocycles. The molecule has 8 nitrogen and oxygen atoms in total. The zero-order chi connectivity index (χ0) is 22.8. The van der Waals surface area contributed by atoms with Gasteiger partial charge in [-0.1, -0.05) is 12.1 Å². The van der Waals surface area contributed by atoms with Gasteiger partial charge in [-0.15, -0.1) is 0 Å². The molecule has 2 amide bonds. The van der Waals surface area contributed by atoms with Gasteiger partial charge in [0.25, 0.3) is 11.8 Å². The van der Waals surface area contributed by atoms with Crippen molar-refractivity contribution in [1.29, 1.82) is 0 Å². The van der Waals surface area contributed by atoms with Crippen molar-refractivity contribution in [2.45, 2.75) is 18.9 Å². The van der Waals surface area contributed by atoms with E-state index in [4.69, 9.17) is 26.4 Å². The first-order chi connectivity index (χ1) is 15.6. The van der Waals surface area contributed by atoms with Gasteiger partial charge in [-0.2, -0.15) is 0 Å². The summed E-state index contributed by atoms with van der Waals surface area (Å²) in [6.07, 6.45) is 2.00. The standard InChI is InChI=1S/C23H27N3O5S/c1-29-13-14-31-17-10-8-16(9-11-17)21(27)26-23(32)25-20-7-3-2-6-19(20)22(28)24-15-18-5-4-12-30-18/h2-3,6-11,18H,4-5,12-15H2,1H3,(H,24,28)(H2,25,26,27,32). The Labute approximate surface area is 192 Å². The minimum atomic E-state index is -0.369. The van der Waals surface area contributed by atoms with E-state index < -0.39 is 0 Å². The molecule has 1 fully saturated rings. The van der Waals surface area contributed by atoms with Crippen molar-refractivity contribution >= 4 is 34.8 Å². The van der Waals surface area contributed by atoms with Crippen LogP contribution in [0.2, 0.25) is 0 Å². The van der Waals surface area contributed by atoms with Gasteiger partial charge in [-0.05, 0) is 61.5 Å². The first-order valence-electron chi connectivity index (χ1n) is 10.4. The molecule has 3 N–H and O–H groups in total. The van der Waals surface area contributed by atoms with Gasteiger partial charge in [0.2, 0.25) is 0 Å².